The predicted octanol–water partition coefficient (Wildman–Crippen LogP) is 1.47. The van der Waals surface area contributed by atoms with Crippen molar-refractivity contribution < 1.29 is 27.8 Å². The van der Waals surface area contributed by atoms with E-state index in [1.807, 2.05) is 13.8 Å². The van der Waals surface area contributed by atoms with Crippen molar-refractivity contribution in [2.75, 3.05) is 26.4 Å². The van der Waals surface area contributed by atoms with Gasteiger partial charge in [-0.25, -0.2) is 0 Å². The number of aliphatic hydroxyl groups excluding tert-OH is 1. The van der Waals surface area contributed by atoms with Crippen LogP contribution < -0.4 is 5.32 Å². The largest absolute Gasteiger partial charge is 0.406 e. The van der Waals surface area contributed by atoms with Crippen LogP contribution >= 0.6 is 0 Å². The molecule has 0 radical (unpaired) electrons. The number of rotatable bonds is 9. The van der Waals surface area contributed by atoms with E-state index in [0.717, 1.165) is 0 Å². The van der Waals surface area contributed by atoms with Gasteiger partial charge in [0.05, 0.1) is 32.0 Å². The third kappa shape index (κ3) is 5.64. The molecule has 0 spiro atoms. The van der Waals surface area contributed by atoms with Crippen LogP contribution in [-0.4, -0.2) is 55.4 Å². The molecule has 1 aliphatic rings. The van der Waals surface area contributed by atoms with Gasteiger partial charge in [0.2, 0.25) is 0 Å². The highest BCUT2D eigenvalue weighted by Gasteiger charge is 2.63. The molecule has 0 amide bonds. The second-order valence-corrected chi connectivity index (χ2v) is 5.11. The zero-order valence-electron chi connectivity index (χ0n) is 11.3. The molecule has 1 saturated carbocycles. The first-order valence-electron chi connectivity index (χ1n) is 6.46. The summed E-state index contributed by atoms with van der Waals surface area (Å²) >= 11 is 0. The number of aliphatic hydroxyl groups is 1. The van der Waals surface area contributed by atoms with Crippen LogP contribution in [0, 0.1) is 0 Å². The molecule has 0 aromatic rings. The highest BCUT2D eigenvalue weighted by atomic mass is 19.4. The monoisotopic (exact) mass is 285 g/mol. The van der Waals surface area contributed by atoms with E-state index in [2.05, 4.69) is 5.32 Å². The minimum Gasteiger partial charge on any atom is -0.389 e. The quantitative estimate of drug-likeness (QED) is 0.630. The predicted molar refractivity (Wildman–Crippen MR) is 63.9 cm³/mol. The zero-order valence-corrected chi connectivity index (χ0v) is 11.3. The van der Waals surface area contributed by atoms with Crippen molar-refractivity contribution in [2.45, 2.75) is 50.6 Å². The fourth-order valence-corrected chi connectivity index (χ4v) is 1.62. The number of ether oxygens (including phenoxy) is 2. The highest BCUT2D eigenvalue weighted by molar-refractivity contribution is 5.08. The van der Waals surface area contributed by atoms with Gasteiger partial charge in [-0.2, -0.15) is 13.2 Å². The van der Waals surface area contributed by atoms with Crippen molar-refractivity contribution in [1.82, 2.24) is 5.32 Å². The molecule has 0 bridgehead atoms. The third-order valence-electron chi connectivity index (χ3n) is 2.96. The molecule has 114 valence electrons. The van der Waals surface area contributed by atoms with Gasteiger partial charge in [0, 0.05) is 6.54 Å². The Bertz CT molecular complexity index is 267. The summed E-state index contributed by atoms with van der Waals surface area (Å²) in [5.41, 5.74) is -1.78. The van der Waals surface area contributed by atoms with Crippen molar-refractivity contribution >= 4 is 0 Å². The van der Waals surface area contributed by atoms with E-state index in [1.165, 1.54) is 0 Å². The van der Waals surface area contributed by atoms with E-state index in [9.17, 15) is 18.3 Å². The lowest BCUT2D eigenvalue weighted by molar-refractivity contribution is -0.167. The summed E-state index contributed by atoms with van der Waals surface area (Å²) in [7, 11) is 0. The van der Waals surface area contributed by atoms with Crippen LogP contribution in [0.5, 0.6) is 0 Å². The van der Waals surface area contributed by atoms with Crippen LogP contribution in [0.2, 0.25) is 0 Å². The van der Waals surface area contributed by atoms with E-state index < -0.39 is 17.8 Å². The van der Waals surface area contributed by atoms with Gasteiger partial charge in [-0.1, -0.05) is 0 Å². The normalized spacial score (nSPS) is 19.7. The second-order valence-electron chi connectivity index (χ2n) is 5.11. The Hall–Kier alpha value is -0.370. The average Bonchev–Trinajstić information content (AvgIpc) is 3.05. The molecule has 2 N–H and O–H groups in total. The summed E-state index contributed by atoms with van der Waals surface area (Å²) in [6.45, 7) is 4.40. The number of alkyl halides is 3. The fraction of sp³-hybridized carbons (Fsp3) is 1.00. The fourth-order valence-electron chi connectivity index (χ4n) is 1.62. The molecule has 1 rings (SSSR count). The third-order valence-corrected chi connectivity index (χ3v) is 2.96. The number of nitrogens with one attached hydrogen (secondary N) is 1. The lowest BCUT2D eigenvalue weighted by Gasteiger charge is -2.22. The Balaban J connectivity index is 2.07. The maximum Gasteiger partial charge on any atom is 0.406 e. The number of hydrogen-bond acceptors (Lipinski definition) is 4. The summed E-state index contributed by atoms with van der Waals surface area (Å²) in [5.74, 6) is 0. The Morgan fingerprint density at radius 3 is 2.37 bits per heavy atom. The molecule has 7 heteroatoms. The first-order valence-corrected chi connectivity index (χ1v) is 6.46. The molecule has 1 aliphatic carbocycles. The number of hydrogen-bond donors (Lipinski definition) is 2. The van der Waals surface area contributed by atoms with Crippen molar-refractivity contribution in [3.63, 3.8) is 0 Å². The number of β-amino-alcohol motifs (C(OH)–C–C–N with tert-alkyl or cyclic N) is 1. The minimum absolute atomic E-state index is 0.00237. The SMILES string of the molecule is CC(C)OCCOCC(O)CNC1(C(F)(F)F)CC1. The van der Waals surface area contributed by atoms with E-state index >= 15 is 0 Å². The molecule has 1 atom stereocenters. The molecule has 19 heavy (non-hydrogen) atoms. The van der Waals surface area contributed by atoms with Crippen LogP contribution in [0.4, 0.5) is 13.2 Å². The molecule has 0 aliphatic heterocycles. The topological polar surface area (TPSA) is 50.7 Å². The van der Waals surface area contributed by atoms with Gasteiger partial charge in [-0.05, 0) is 26.7 Å². The molecule has 0 heterocycles. The Labute approximate surface area is 111 Å². The molecule has 0 aromatic carbocycles. The van der Waals surface area contributed by atoms with E-state index in [4.69, 9.17) is 9.47 Å². The lowest BCUT2D eigenvalue weighted by atomic mass is 10.2. The van der Waals surface area contributed by atoms with Gasteiger partial charge in [-0.3, -0.25) is 0 Å². The Morgan fingerprint density at radius 2 is 1.89 bits per heavy atom. The lowest BCUT2D eigenvalue weighted by Crippen LogP contribution is -2.48. The summed E-state index contributed by atoms with van der Waals surface area (Å²) < 4.78 is 48.1. The maximum absolute atomic E-state index is 12.6. The molecule has 1 unspecified atom stereocenters. The van der Waals surface area contributed by atoms with Crippen molar-refractivity contribution in [2.24, 2.45) is 0 Å². The number of halogens is 3. The van der Waals surface area contributed by atoms with Crippen molar-refractivity contribution in [3.05, 3.63) is 0 Å². The highest BCUT2D eigenvalue weighted by Crippen LogP contribution is 2.48. The van der Waals surface area contributed by atoms with Crippen molar-refractivity contribution in [1.29, 1.82) is 0 Å². The van der Waals surface area contributed by atoms with Gasteiger partial charge < -0.3 is 19.9 Å². The standard InChI is InChI=1S/C12H22F3NO3/c1-9(2)19-6-5-18-8-10(17)7-16-11(3-4-11)12(13,14)15/h9-10,16-17H,3-8H2,1-2H3. The molecule has 1 fully saturated rings. The second kappa shape index (κ2) is 6.88. The molecular weight excluding hydrogens is 263 g/mol. The van der Waals surface area contributed by atoms with Gasteiger partial charge in [0.25, 0.3) is 0 Å². The first kappa shape index (κ1) is 16.7. The summed E-state index contributed by atoms with van der Waals surface area (Å²) in [4.78, 5) is 0. The molecule has 0 saturated heterocycles. The molecular formula is C12H22F3NO3. The van der Waals surface area contributed by atoms with E-state index in [-0.39, 0.29) is 32.1 Å². The summed E-state index contributed by atoms with van der Waals surface area (Å²) in [5, 5.41) is 11.9. The van der Waals surface area contributed by atoms with Crippen LogP contribution in [0.1, 0.15) is 26.7 Å². The van der Waals surface area contributed by atoms with Crippen LogP contribution in [-0.2, 0) is 9.47 Å². The van der Waals surface area contributed by atoms with Gasteiger partial charge >= 0.3 is 6.18 Å². The average molecular weight is 285 g/mol. The molecule has 0 aromatic heterocycles. The van der Waals surface area contributed by atoms with Gasteiger partial charge in [0.1, 0.15) is 5.54 Å². The first-order chi connectivity index (χ1) is 8.77. The summed E-state index contributed by atoms with van der Waals surface area (Å²) in [6, 6.07) is 0. The minimum atomic E-state index is -4.25. The Morgan fingerprint density at radius 1 is 1.26 bits per heavy atom. The van der Waals surface area contributed by atoms with Gasteiger partial charge in [-0.15, -0.1) is 0 Å². The van der Waals surface area contributed by atoms with E-state index in [0.29, 0.717) is 13.2 Å². The smallest absolute Gasteiger partial charge is 0.389 e. The Kier molecular flexibility index (Phi) is 6.04. The van der Waals surface area contributed by atoms with E-state index in [1.54, 1.807) is 0 Å². The maximum atomic E-state index is 12.6. The van der Waals surface area contributed by atoms with Crippen molar-refractivity contribution in [3.8, 4) is 0 Å². The zero-order chi connectivity index (χ0) is 14.5. The van der Waals surface area contributed by atoms with Gasteiger partial charge in [0.15, 0.2) is 0 Å². The van der Waals surface area contributed by atoms with Crippen LogP contribution in [0.25, 0.3) is 0 Å². The van der Waals surface area contributed by atoms with Crippen LogP contribution in [0.3, 0.4) is 0 Å². The summed E-state index contributed by atoms with van der Waals surface area (Å²) in [6.07, 6.45) is -4.94. The molecule has 4 nitrogen and oxygen atoms in total. The van der Waals surface area contributed by atoms with Crippen LogP contribution in [0.15, 0.2) is 0 Å².